The zero-order valence-electron chi connectivity index (χ0n) is 13.2. The predicted octanol–water partition coefficient (Wildman–Crippen LogP) is -0.116. The highest BCUT2D eigenvalue weighted by molar-refractivity contribution is 5.58. The molecule has 1 aromatic heterocycles. The molecule has 1 aliphatic rings. The van der Waals surface area contributed by atoms with Crippen LogP contribution in [0.15, 0.2) is 22.1 Å². The predicted molar refractivity (Wildman–Crippen MR) is 81.2 cm³/mol. The second-order valence-corrected chi connectivity index (χ2v) is 5.79. The Morgan fingerprint density at radius 1 is 1.59 bits per heavy atom. The minimum absolute atomic E-state index is 0.264. The topological polar surface area (TPSA) is 100 Å². The van der Waals surface area contributed by atoms with E-state index in [-0.39, 0.29) is 5.82 Å². The van der Waals surface area contributed by atoms with Crippen LogP contribution in [-0.2, 0) is 4.74 Å². The average molecular weight is 310 g/mol. The van der Waals surface area contributed by atoms with E-state index >= 15 is 0 Å². The van der Waals surface area contributed by atoms with Crippen molar-refractivity contribution in [3.63, 3.8) is 0 Å². The molecule has 0 aromatic carbocycles. The minimum Gasteiger partial charge on any atom is -0.387 e. The molecule has 8 nitrogen and oxygen atoms in total. The van der Waals surface area contributed by atoms with E-state index in [4.69, 9.17) is 4.74 Å². The third-order valence-electron chi connectivity index (χ3n) is 3.65. The second kappa shape index (κ2) is 6.15. The van der Waals surface area contributed by atoms with E-state index in [2.05, 4.69) is 9.98 Å². The second-order valence-electron chi connectivity index (χ2n) is 5.79. The maximum absolute atomic E-state index is 12.2. The van der Waals surface area contributed by atoms with Crippen molar-refractivity contribution in [1.82, 2.24) is 14.5 Å². The number of aromatic nitrogens is 2. The molecule has 1 saturated heterocycles. The van der Waals surface area contributed by atoms with Crippen LogP contribution in [0.25, 0.3) is 0 Å². The lowest BCUT2D eigenvalue weighted by Gasteiger charge is -2.27. The lowest BCUT2D eigenvalue weighted by Crippen LogP contribution is -2.45. The van der Waals surface area contributed by atoms with Gasteiger partial charge >= 0.3 is 5.69 Å². The van der Waals surface area contributed by atoms with Crippen LogP contribution in [-0.4, -0.2) is 62.9 Å². The van der Waals surface area contributed by atoms with Gasteiger partial charge in [-0.05, 0) is 19.4 Å². The fourth-order valence-corrected chi connectivity index (χ4v) is 2.40. The molecule has 1 aliphatic heterocycles. The van der Waals surface area contributed by atoms with Crippen LogP contribution in [0.5, 0.6) is 0 Å². The fourth-order valence-electron chi connectivity index (χ4n) is 2.40. The lowest BCUT2D eigenvalue weighted by molar-refractivity contribution is -0.0975. The Bertz CT molecular complexity index is 611. The van der Waals surface area contributed by atoms with Gasteiger partial charge in [-0.25, -0.2) is 9.79 Å². The molecule has 0 amide bonds. The van der Waals surface area contributed by atoms with Crippen LogP contribution in [0.1, 0.15) is 26.5 Å². The normalized spacial score (nSPS) is 31.8. The molecular weight excluding hydrogens is 288 g/mol. The summed E-state index contributed by atoms with van der Waals surface area (Å²) in [5.41, 5.74) is -2.16. The smallest absolute Gasteiger partial charge is 0.351 e. The first-order valence-electron chi connectivity index (χ1n) is 7.13. The van der Waals surface area contributed by atoms with Crippen LogP contribution in [0.3, 0.4) is 0 Å². The van der Waals surface area contributed by atoms with Gasteiger partial charge in [0, 0.05) is 20.3 Å². The van der Waals surface area contributed by atoms with Crippen molar-refractivity contribution in [2.45, 2.75) is 44.3 Å². The van der Waals surface area contributed by atoms with E-state index in [1.54, 1.807) is 25.1 Å². The van der Waals surface area contributed by atoms with Crippen LogP contribution in [0.2, 0.25) is 0 Å². The largest absolute Gasteiger partial charge is 0.387 e. The molecule has 122 valence electrons. The van der Waals surface area contributed by atoms with Gasteiger partial charge in [-0.15, -0.1) is 0 Å². The molecule has 8 heteroatoms. The summed E-state index contributed by atoms with van der Waals surface area (Å²) < 4.78 is 6.79. The Morgan fingerprint density at radius 2 is 2.27 bits per heavy atom. The summed E-state index contributed by atoms with van der Waals surface area (Å²) in [4.78, 5) is 21.8. The van der Waals surface area contributed by atoms with Gasteiger partial charge in [0.2, 0.25) is 0 Å². The molecular formula is C14H22N4O4. The SMILES string of the molecule is CC[C@H]1O[C@@H](n2ccc(/N=C\N(C)C)nc2=O)C(C)(O)C1O. The number of hydrogen-bond acceptors (Lipinski definition) is 6. The molecule has 4 atom stereocenters. The van der Waals surface area contributed by atoms with Gasteiger partial charge in [-0.1, -0.05) is 6.92 Å². The fraction of sp³-hybridized carbons (Fsp3) is 0.643. The van der Waals surface area contributed by atoms with Gasteiger partial charge in [0.15, 0.2) is 12.0 Å². The minimum atomic E-state index is -1.57. The molecule has 0 saturated carbocycles. The van der Waals surface area contributed by atoms with Crippen molar-refractivity contribution < 1.29 is 14.9 Å². The summed E-state index contributed by atoms with van der Waals surface area (Å²) in [6.45, 7) is 3.29. The summed E-state index contributed by atoms with van der Waals surface area (Å²) in [5.74, 6) is 0.264. The van der Waals surface area contributed by atoms with Crippen molar-refractivity contribution in [3.05, 3.63) is 22.7 Å². The summed E-state index contributed by atoms with van der Waals surface area (Å²) in [6.07, 6.45) is 0.937. The number of ether oxygens (including phenoxy) is 1. The molecule has 0 aliphatic carbocycles. The van der Waals surface area contributed by atoms with E-state index in [9.17, 15) is 15.0 Å². The number of aliphatic hydroxyl groups is 2. The summed E-state index contributed by atoms with van der Waals surface area (Å²) in [7, 11) is 3.61. The van der Waals surface area contributed by atoms with Gasteiger partial charge in [0.05, 0.1) is 12.4 Å². The van der Waals surface area contributed by atoms with E-state index in [0.29, 0.717) is 6.42 Å². The summed E-state index contributed by atoms with van der Waals surface area (Å²) in [5, 5.41) is 20.5. The number of nitrogens with zero attached hydrogens (tertiary/aromatic N) is 4. The molecule has 0 radical (unpaired) electrons. The number of rotatable bonds is 4. The van der Waals surface area contributed by atoms with Gasteiger partial charge in [0.1, 0.15) is 11.7 Å². The molecule has 1 aromatic rings. The number of aliphatic imine (C=N–C) groups is 1. The summed E-state index contributed by atoms with van der Waals surface area (Å²) >= 11 is 0. The summed E-state index contributed by atoms with van der Waals surface area (Å²) in [6, 6.07) is 1.55. The molecule has 0 spiro atoms. The molecule has 2 rings (SSSR count). The monoisotopic (exact) mass is 310 g/mol. The van der Waals surface area contributed by atoms with Crippen LogP contribution in [0, 0.1) is 0 Å². The number of aliphatic hydroxyl groups excluding tert-OH is 1. The first-order chi connectivity index (χ1) is 10.3. The Kier molecular flexibility index (Phi) is 4.64. The third kappa shape index (κ3) is 3.03. The first-order valence-corrected chi connectivity index (χ1v) is 7.13. The van der Waals surface area contributed by atoms with Gasteiger partial charge < -0.3 is 19.8 Å². The van der Waals surface area contributed by atoms with Gasteiger partial charge in [-0.3, -0.25) is 4.57 Å². The molecule has 2 heterocycles. The highest BCUT2D eigenvalue weighted by Gasteiger charge is 2.52. The van der Waals surface area contributed by atoms with E-state index in [1.165, 1.54) is 24.0 Å². The van der Waals surface area contributed by atoms with Crippen LogP contribution < -0.4 is 5.69 Å². The maximum atomic E-state index is 12.2. The van der Waals surface area contributed by atoms with E-state index in [1.807, 2.05) is 6.92 Å². The molecule has 22 heavy (non-hydrogen) atoms. The highest BCUT2D eigenvalue weighted by Crippen LogP contribution is 2.38. The quantitative estimate of drug-likeness (QED) is 0.594. The Labute approximate surface area is 128 Å². The van der Waals surface area contributed by atoms with Crippen molar-refractivity contribution >= 4 is 12.2 Å². The van der Waals surface area contributed by atoms with Crippen molar-refractivity contribution in [2.24, 2.45) is 4.99 Å². The Hall–Kier alpha value is -1.77. The zero-order valence-corrected chi connectivity index (χ0v) is 13.2. The van der Waals surface area contributed by atoms with E-state index in [0.717, 1.165) is 0 Å². The van der Waals surface area contributed by atoms with E-state index < -0.39 is 29.7 Å². The lowest BCUT2D eigenvalue weighted by atomic mass is 9.95. The standard InChI is InChI=1S/C14H22N4O4/c1-5-9-11(19)14(2,21)12(22-9)18-7-6-10(16-13(18)20)15-8-17(3)4/h6-9,11-12,19,21H,5H2,1-4H3/b15-8-/t9-,11?,12-,14?/m1/s1. The maximum Gasteiger partial charge on any atom is 0.351 e. The Balaban J connectivity index is 2.32. The zero-order chi connectivity index (χ0) is 16.5. The average Bonchev–Trinajstić information content (AvgIpc) is 2.68. The van der Waals surface area contributed by atoms with Crippen molar-refractivity contribution in [3.8, 4) is 0 Å². The molecule has 2 N–H and O–H groups in total. The van der Waals surface area contributed by atoms with Gasteiger partial charge in [0.25, 0.3) is 0 Å². The van der Waals surface area contributed by atoms with Crippen molar-refractivity contribution in [1.29, 1.82) is 0 Å². The molecule has 0 bridgehead atoms. The van der Waals surface area contributed by atoms with Crippen molar-refractivity contribution in [2.75, 3.05) is 14.1 Å². The van der Waals surface area contributed by atoms with Gasteiger partial charge in [-0.2, -0.15) is 4.98 Å². The number of hydrogen-bond donors (Lipinski definition) is 2. The Morgan fingerprint density at radius 3 is 2.77 bits per heavy atom. The first kappa shape index (κ1) is 16.6. The van der Waals surface area contributed by atoms with Crippen LogP contribution in [0.4, 0.5) is 5.82 Å². The molecule has 2 unspecified atom stereocenters. The third-order valence-corrected chi connectivity index (χ3v) is 3.65. The highest BCUT2D eigenvalue weighted by atomic mass is 16.6. The van der Waals surface area contributed by atoms with Crippen LogP contribution >= 0.6 is 0 Å². The molecule has 1 fully saturated rings.